The Bertz CT molecular complexity index is 1060. The van der Waals surface area contributed by atoms with E-state index in [0.717, 1.165) is 0 Å². The highest BCUT2D eigenvalue weighted by molar-refractivity contribution is 7.89. The third-order valence-corrected chi connectivity index (χ3v) is 7.18. The van der Waals surface area contributed by atoms with Crippen molar-refractivity contribution < 1.29 is 17.5 Å². The van der Waals surface area contributed by atoms with Crippen LogP contribution in [0.15, 0.2) is 41.3 Å². The molecule has 0 bridgehead atoms. The van der Waals surface area contributed by atoms with Crippen LogP contribution in [0.3, 0.4) is 0 Å². The minimum Gasteiger partial charge on any atom is -0.495 e. The van der Waals surface area contributed by atoms with Gasteiger partial charge in [0.05, 0.1) is 7.11 Å². The van der Waals surface area contributed by atoms with Gasteiger partial charge in [0.2, 0.25) is 10.0 Å². The van der Waals surface area contributed by atoms with E-state index in [-0.39, 0.29) is 34.3 Å². The monoisotopic (exact) mass is 437 g/mol. The smallest absolute Gasteiger partial charge is 0.247 e. The molecule has 0 radical (unpaired) electrons. The van der Waals surface area contributed by atoms with Gasteiger partial charge in [-0.15, -0.1) is 0 Å². The van der Waals surface area contributed by atoms with Gasteiger partial charge >= 0.3 is 0 Å². The Labute approximate surface area is 175 Å². The van der Waals surface area contributed by atoms with E-state index < -0.39 is 21.9 Å². The molecule has 0 amide bonds. The lowest BCUT2D eigenvalue weighted by Crippen LogP contribution is -2.41. The van der Waals surface area contributed by atoms with Crippen LogP contribution in [0.1, 0.15) is 17.5 Å². The van der Waals surface area contributed by atoms with E-state index in [1.807, 2.05) is 6.19 Å². The summed E-state index contributed by atoms with van der Waals surface area (Å²) in [6.07, 6.45) is 2.51. The number of ether oxygens (including phenoxy) is 1. The van der Waals surface area contributed by atoms with E-state index in [1.165, 1.54) is 34.5 Å². The van der Waals surface area contributed by atoms with E-state index in [1.54, 1.807) is 25.1 Å². The summed E-state index contributed by atoms with van der Waals surface area (Å²) in [6, 6.07) is 8.75. The number of halogens is 2. The summed E-state index contributed by atoms with van der Waals surface area (Å²) < 4.78 is 48.4. The van der Waals surface area contributed by atoms with Gasteiger partial charge in [0, 0.05) is 36.3 Å². The first-order valence-corrected chi connectivity index (χ1v) is 10.8. The van der Waals surface area contributed by atoms with Gasteiger partial charge in [0.15, 0.2) is 6.19 Å². The topological polar surface area (TPSA) is 73.6 Å². The van der Waals surface area contributed by atoms with E-state index in [9.17, 15) is 18.1 Å². The van der Waals surface area contributed by atoms with Crippen molar-refractivity contribution in [2.24, 2.45) is 0 Å². The molecule has 154 valence electrons. The van der Waals surface area contributed by atoms with Crippen molar-refractivity contribution >= 4 is 21.6 Å². The summed E-state index contributed by atoms with van der Waals surface area (Å²) >= 11 is 6.05. The summed E-state index contributed by atoms with van der Waals surface area (Å²) in [4.78, 5) is 1.41. The van der Waals surface area contributed by atoms with E-state index in [2.05, 4.69) is 0 Å². The number of nitrogens with zero attached hydrogens (tertiary/aromatic N) is 3. The van der Waals surface area contributed by atoms with Crippen LogP contribution in [0.25, 0.3) is 0 Å². The Morgan fingerprint density at radius 1 is 1.38 bits per heavy atom. The Kier molecular flexibility index (Phi) is 6.32. The molecule has 3 rings (SSSR count). The fourth-order valence-corrected chi connectivity index (χ4v) is 5.50. The predicted octanol–water partition coefficient (Wildman–Crippen LogP) is 3.54. The fraction of sp³-hybridized carbons (Fsp3) is 0.350. The predicted molar refractivity (Wildman–Crippen MR) is 107 cm³/mol. The maximum Gasteiger partial charge on any atom is 0.247 e. The summed E-state index contributed by atoms with van der Waals surface area (Å²) in [5, 5.41) is 9.43. The largest absolute Gasteiger partial charge is 0.495 e. The summed E-state index contributed by atoms with van der Waals surface area (Å²) in [6.45, 7) is 2.16. The molecule has 1 fully saturated rings. The molecule has 0 N–H and O–H groups in total. The quantitative estimate of drug-likeness (QED) is 0.646. The molecule has 1 aliphatic heterocycles. The molecule has 0 aromatic heterocycles. The maximum atomic E-state index is 14.7. The van der Waals surface area contributed by atoms with Crippen molar-refractivity contribution in [1.82, 2.24) is 9.21 Å². The Balaban J connectivity index is 2.09. The molecule has 29 heavy (non-hydrogen) atoms. The fourth-order valence-electron chi connectivity index (χ4n) is 3.45. The summed E-state index contributed by atoms with van der Waals surface area (Å²) in [5.74, 6) is -0.292. The van der Waals surface area contributed by atoms with Gasteiger partial charge in [-0.1, -0.05) is 29.8 Å². The lowest BCUT2D eigenvalue weighted by Gasteiger charge is -2.29. The van der Waals surface area contributed by atoms with Gasteiger partial charge in [0.1, 0.15) is 16.5 Å². The lowest BCUT2D eigenvalue weighted by molar-refractivity contribution is 0.308. The van der Waals surface area contributed by atoms with Crippen LogP contribution in [-0.4, -0.2) is 43.9 Å². The van der Waals surface area contributed by atoms with Crippen molar-refractivity contribution in [2.45, 2.75) is 30.8 Å². The molecule has 0 spiro atoms. The first-order chi connectivity index (χ1) is 13.8. The number of benzene rings is 2. The minimum absolute atomic E-state index is 0.0871. The Morgan fingerprint density at radius 3 is 2.79 bits per heavy atom. The molecule has 1 saturated heterocycles. The van der Waals surface area contributed by atoms with Crippen molar-refractivity contribution in [3.8, 4) is 11.9 Å². The van der Waals surface area contributed by atoms with Crippen LogP contribution >= 0.6 is 11.6 Å². The number of hydrogen-bond donors (Lipinski definition) is 0. The molecule has 1 aliphatic rings. The highest BCUT2D eigenvalue weighted by atomic mass is 35.5. The van der Waals surface area contributed by atoms with E-state index in [0.29, 0.717) is 18.5 Å². The van der Waals surface area contributed by atoms with Gasteiger partial charge in [-0.25, -0.2) is 12.8 Å². The van der Waals surface area contributed by atoms with Gasteiger partial charge in [-0.3, -0.25) is 0 Å². The molecule has 1 atom stereocenters. The summed E-state index contributed by atoms with van der Waals surface area (Å²) in [5.41, 5.74) is 0.704. The van der Waals surface area contributed by atoms with Gasteiger partial charge in [0.25, 0.3) is 0 Å². The number of methoxy groups -OCH3 is 1. The van der Waals surface area contributed by atoms with Crippen LogP contribution in [0, 0.1) is 24.2 Å². The van der Waals surface area contributed by atoms with Gasteiger partial charge < -0.3 is 9.64 Å². The number of likely N-dealkylation sites (tertiary alicyclic amines) is 1. The molecule has 1 heterocycles. The van der Waals surface area contributed by atoms with Crippen LogP contribution in [0.2, 0.25) is 5.02 Å². The second kappa shape index (κ2) is 8.57. The highest BCUT2D eigenvalue weighted by Gasteiger charge is 2.38. The Morgan fingerprint density at radius 2 is 2.14 bits per heavy atom. The molecular weight excluding hydrogens is 417 g/mol. The first-order valence-electron chi connectivity index (χ1n) is 9.02. The average Bonchev–Trinajstić information content (AvgIpc) is 3.17. The van der Waals surface area contributed by atoms with Gasteiger partial charge in [-0.05, 0) is 37.1 Å². The SMILES string of the molecule is COc1ccc(Cl)cc1S(=O)(=O)N(Cc1cccc(C)c1F)[C@@H]1CCN(C#N)C1. The third-order valence-electron chi connectivity index (χ3n) is 5.02. The maximum absolute atomic E-state index is 14.7. The summed E-state index contributed by atoms with van der Waals surface area (Å²) in [7, 11) is -2.71. The normalized spacial score (nSPS) is 16.8. The minimum atomic E-state index is -4.09. The number of sulfonamides is 1. The second-order valence-electron chi connectivity index (χ2n) is 6.88. The van der Waals surface area contributed by atoms with E-state index in [4.69, 9.17) is 16.3 Å². The van der Waals surface area contributed by atoms with Crippen LogP contribution in [0.5, 0.6) is 5.75 Å². The van der Waals surface area contributed by atoms with Crippen LogP contribution in [0.4, 0.5) is 4.39 Å². The molecule has 9 heteroatoms. The molecular formula is C20H21ClFN3O3S. The number of rotatable bonds is 6. The highest BCUT2D eigenvalue weighted by Crippen LogP contribution is 2.33. The van der Waals surface area contributed by atoms with Crippen LogP contribution < -0.4 is 4.74 Å². The van der Waals surface area contributed by atoms with Crippen molar-refractivity contribution in [2.75, 3.05) is 20.2 Å². The zero-order valence-corrected chi connectivity index (χ0v) is 17.7. The molecule has 0 aliphatic carbocycles. The first kappa shape index (κ1) is 21.4. The third kappa shape index (κ3) is 4.32. The lowest BCUT2D eigenvalue weighted by atomic mass is 10.1. The van der Waals surface area contributed by atoms with Crippen molar-refractivity contribution in [1.29, 1.82) is 5.26 Å². The van der Waals surface area contributed by atoms with Crippen molar-refractivity contribution in [3.63, 3.8) is 0 Å². The van der Waals surface area contributed by atoms with E-state index >= 15 is 0 Å². The molecule has 2 aromatic rings. The zero-order chi connectivity index (χ0) is 21.2. The Hall–Kier alpha value is -2.34. The molecule has 6 nitrogen and oxygen atoms in total. The standard InChI is InChI=1S/C20H21ClFN3O3S/c1-14-4-3-5-15(20(14)22)11-25(17-8-9-24(12-17)13-23)29(26,27)19-10-16(21)6-7-18(19)28-2/h3-7,10,17H,8-9,11-12H2,1-2H3/t17-/m1/s1. The van der Waals surface area contributed by atoms with Crippen molar-refractivity contribution in [3.05, 3.63) is 58.4 Å². The molecule has 0 unspecified atom stereocenters. The molecule has 2 aromatic carbocycles. The number of hydrogen-bond acceptors (Lipinski definition) is 5. The molecule has 0 saturated carbocycles. The number of nitriles is 1. The number of aryl methyl sites for hydroxylation is 1. The average molecular weight is 438 g/mol. The second-order valence-corrected chi connectivity index (χ2v) is 9.18. The zero-order valence-electron chi connectivity index (χ0n) is 16.1. The van der Waals surface area contributed by atoms with Gasteiger partial charge in [-0.2, -0.15) is 9.57 Å². The van der Waals surface area contributed by atoms with Crippen LogP contribution in [-0.2, 0) is 16.6 Å².